The third-order valence-corrected chi connectivity index (χ3v) is 3.74. The summed E-state index contributed by atoms with van der Waals surface area (Å²) in [6.07, 6.45) is 0. The van der Waals surface area contributed by atoms with Gasteiger partial charge in [-0.15, -0.1) is 0 Å². The molecular weight excluding hydrogens is 480 g/mol. The van der Waals surface area contributed by atoms with Crippen LogP contribution in [0.5, 0.6) is 0 Å². The van der Waals surface area contributed by atoms with Gasteiger partial charge in [-0.2, -0.15) is 0 Å². The Kier molecular flexibility index (Phi) is 22.5. The number of hydrogen-bond acceptors (Lipinski definition) is 10. The van der Waals surface area contributed by atoms with Crippen LogP contribution in [0.2, 0.25) is 0 Å². The Morgan fingerprint density at radius 3 is 1.10 bits per heavy atom. The first-order valence-corrected chi connectivity index (χ1v) is 11.3. The van der Waals surface area contributed by atoms with Crippen molar-refractivity contribution >= 4 is 21.9 Å². The Morgan fingerprint density at radius 2 is 0.839 bits per heavy atom. The van der Waals surface area contributed by atoms with E-state index in [1.54, 1.807) is 13.8 Å². The molecule has 0 rings (SSSR count). The number of carbonyl (C=O) groups excluding carboxylic acids is 1. The van der Waals surface area contributed by atoms with E-state index in [9.17, 15) is 4.79 Å². The number of rotatable bonds is 24. The van der Waals surface area contributed by atoms with Gasteiger partial charge in [0.25, 0.3) is 0 Å². The predicted octanol–water partition coefficient (Wildman–Crippen LogP) is 0.812. The summed E-state index contributed by atoms with van der Waals surface area (Å²) in [4.78, 5) is 11.5. The number of aliphatic hydroxyl groups is 1. The summed E-state index contributed by atoms with van der Waals surface area (Å²) in [6, 6.07) is 0. The van der Waals surface area contributed by atoms with Gasteiger partial charge in [0.1, 0.15) is 10.9 Å². The molecule has 0 spiro atoms. The first-order chi connectivity index (χ1) is 15.0. The number of esters is 1. The first kappa shape index (κ1) is 30.6. The molecule has 0 aromatic carbocycles. The molecule has 0 fully saturated rings. The Hall–Kier alpha value is -0.370. The highest BCUT2D eigenvalue weighted by atomic mass is 79.9. The van der Waals surface area contributed by atoms with E-state index in [0.717, 1.165) is 0 Å². The van der Waals surface area contributed by atoms with Gasteiger partial charge >= 0.3 is 5.97 Å². The van der Waals surface area contributed by atoms with Gasteiger partial charge in [0.05, 0.1) is 99.1 Å². The van der Waals surface area contributed by atoms with Crippen molar-refractivity contribution in [2.24, 2.45) is 0 Å². The average molecular weight is 519 g/mol. The average Bonchev–Trinajstić information content (AvgIpc) is 2.73. The molecule has 0 radical (unpaired) electrons. The highest BCUT2D eigenvalue weighted by Crippen LogP contribution is 2.17. The lowest BCUT2D eigenvalue weighted by Gasteiger charge is -2.14. The summed E-state index contributed by atoms with van der Waals surface area (Å²) in [6.45, 7) is 10.2. The molecule has 0 aliphatic rings. The van der Waals surface area contributed by atoms with Gasteiger partial charge in [0, 0.05) is 0 Å². The van der Waals surface area contributed by atoms with Gasteiger partial charge < -0.3 is 43.0 Å². The van der Waals surface area contributed by atoms with Crippen LogP contribution in [0, 0.1) is 0 Å². The molecule has 0 saturated heterocycles. The second-order valence-corrected chi connectivity index (χ2v) is 8.60. The number of halogens is 1. The van der Waals surface area contributed by atoms with E-state index in [0.29, 0.717) is 92.5 Å². The topological polar surface area (TPSA) is 111 Å². The first-order valence-electron chi connectivity index (χ1n) is 10.5. The fourth-order valence-corrected chi connectivity index (χ4v) is 1.97. The van der Waals surface area contributed by atoms with E-state index < -0.39 is 4.32 Å². The Morgan fingerprint density at radius 1 is 0.581 bits per heavy atom. The van der Waals surface area contributed by atoms with Crippen LogP contribution in [-0.4, -0.2) is 121 Å². The summed E-state index contributed by atoms with van der Waals surface area (Å²) in [5.74, 6) is -0.316. The number of carbonyl (C=O) groups is 1. The molecule has 0 heterocycles. The van der Waals surface area contributed by atoms with Crippen LogP contribution in [0.15, 0.2) is 0 Å². The van der Waals surface area contributed by atoms with Crippen LogP contribution in [0.4, 0.5) is 0 Å². The molecule has 0 amide bonds. The van der Waals surface area contributed by atoms with Gasteiger partial charge in [-0.25, -0.2) is 0 Å². The summed E-state index contributed by atoms with van der Waals surface area (Å²) in [5.41, 5.74) is 0. The zero-order valence-corrected chi connectivity index (χ0v) is 20.4. The molecule has 0 aromatic heterocycles. The fraction of sp³-hybridized carbons (Fsp3) is 0.950. The zero-order chi connectivity index (χ0) is 23.0. The van der Waals surface area contributed by atoms with Crippen molar-refractivity contribution in [3.05, 3.63) is 0 Å². The number of aliphatic hydroxyl groups excluding tert-OH is 1. The zero-order valence-electron chi connectivity index (χ0n) is 18.8. The minimum absolute atomic E-state index is 0.0245. The fourth-order valence-electron chi connectivity index (χ4n) is 1.85. The molecule has 11 heteroatoms. The van der Waals surface area contributed by atoms with Crippen LogP contribution >= 0.6 is 15.9 Å². The van der Waals surface area contributed by atoms with Gasteiger partial charge in [-0.3, -0.25) is 4.79 Å². The lowest BCUT2D eigenvalue weighted by molar-refractivity contribution is -0.147. The Balaban J connectivity index is 3.09. The molecule has 0 aliphatic heterocycles. The third kappa shape index (κ3) is 24.1. The van der Waals surface area contributed by atoms with Crippen molar-refractivity contribution in [3.8, 4) is 0 Å². The molecule has 0 bridgehead atoms. The SMILES string of the molecule is CC(C)(Br)C(=O)OCCOCCOCCOCCOCCOCCOCCOCCO. The molecule has 0 atom stereocenters. The summed E-state index contributed by atoms with van der Waals surface area (Å²) < 4.78 is 41.6. The molecule has 10 nitrogen and oxygen atoms in total. The maximum atomic E-state index is 11.5. The van der Waals surface area contributed by atoms with Gasteiger partial charge in [0.2, 0.25) is 0 Å². The van der Waals surface area contributed by atoms with E-state index in [1.807, 2.05) is 0 Å². The maximum absolute atomic E-state index is 11.5. The van der Waals surface area contributed by atoms with E-state index in [4.69, 9.17) is 43.0 Å². The van der Waals surface area contributed by atoms with Crippen molar-refractivity contribution in [3.63, 3.8) is 0 Å². The molecule has 0 aliphatic carbocycles. The van der Waals surface area contributed by atoms with Crippen molar-refractivity contribution in [1.82, 2.24) is 0 Å². The molecule has 1 N–H and O–H groups in total. The monoisotopic (exact) mass is 518 g/mol. The minimum Gasteiger partial charge on any atom is -0.462 e. The predicted molar refractivity (Wildman–Crippen MR) is 117 cm³/mol. The summed E-state index contributed by atoms with van der Waals surface area (Å²) in [7, 11) is 0. The second kappa shape index (κ2) is 22.8. The standard InChI is InChI=1S/C20H39BrO10/c1-20(2,21)19(23)31-18-17-30-16-15-29-14-13-28-12-11-27-10-9-26-8-7-25-6-5-24-4-3-22/h22H,3-18H2,1-2H3. The number of alkyl halides is 1. The highest BCUT2D eigenvalue weighted by molar-refractivity contribution is 9.10. The van der Waals surface area contributed by atoms with E-state index >= 15 is 0 Å². The van der Waals surface area contributed by atoms with E-state index in [2.05, 4.69) is 15.9 Å². The van der Waals surface area contributed by atoms with E-state index in [-0.39, 0.29) is 19.2 Å². The Labute approximate surface area is 193 Å². The molecule has 186 valence electrons. The largest absolute Gasteiger partial charge is 0.462 e. The lowest BCUT2D eigenvalue weighted by Crippen LogP contribution is -2.27. The second-order valence-electron chi connectivity index (χ2n) is 6.62. The summed E-state index contributed by atoms with van der Waals surface area (Å²) >= 11 is 3.23. The van der Waals surface area contributed by atoms with Crippen molar-refractivity contribution < 1.29 is 47.8 Å². The van der Waals surface area contributed by atoms with Crippen LogP contribution < -0.4 is 0 Å². The lowest BCUT2D eigenvalue weighted by atomic mass is 10.2. The smallest absolute Gasteiger partial charge is 0.322 e. The molecule has 31 heavy (non-hydrogen) atoms. The van der Waals surface area contributed by atoms with Gasteiger partial charge in [0.15, 0.2) is 0 Å². The van der Waals surface area contributed by atoms with Crippen LogP contribution in [0.25, 0.3) is 0 Å². The van der Waals surface area contributed by atoms with Crippen LogP contribution in [0.1, 0.15) is 13.8 Å². The van der Waals surface area contributed by atoms with Crippen molar-refractivity contribution in [2.75, 3.05) is 106 Å². The van der Waals surface area contributed by atoms with Crippen LogP contribution in [-0.2, 0) is 42.7 Å². The van der Waals surface area contributed by atoms with Gasteiger partial charge in [-0.1, -0.05) is 15.9 Å². The Bertz CT molecular complexity index is 393. The minimum atomic E-state index is -0.678. The summed E-state index contributed by atoms with van der Waals surface area (Å²) in [5, 5.41) is 8.53. The van der Waals surface area contributed by atoms with E-state index in [1.165, 1.54) is 0 Å². The molecule has 0 saturated carbocycles. The molecular formula is C20H39BrO10. The van der Waals surface area contributed by atoms with Gasteiger partial charge in [-0.05, 0) is 13.8 Å². The number of ether oxygens (including phenoxy) is 8. The third-order valence-electron chi connectivity index (χ3n) is 3.41. The van der Waals surface area contributed by atoms with Crippen LogP contribution in [0.3, 0.4) is 0 Å². The van der Waals surface area contributed by atoms with Crippen molar-refractivity contribution in [1.29, 1.82) is 0 Å². The normalized spacial score (nSPS) is 11.7. The quantitative estimate of drug-likeness (QED) is 0.112. The number of hydrogen-bond donors (Lipinski definition) is 1. The highest BCUT2D eigenvalue weighted by Gasteiger charge is 2.25. The van der Waals surface area contributed by atoms with Crippen molar-refractivity contribution in [2.45, 2.75) is 18.2 Å². The molecule has 0 aromatic rings. The molecule has 0 unspecified atom stereocenters. The maximum Gasteiger partial charge on any atom is 0.322 e.